The number of imide groups is 1. The Bertz CT molecular complexity index is 868. The van der Waals surface area contributed by atoms with E-state index in [1.165, 1.54) is 0 Å². The highest BCUT2D eigenvalue weighted by molar-refractivity contribution is 5.96. The number of urea groups is 1. The van der Waals surface area contributed by atoms with Crippen molar-refractivity contribution in [2.75, 3.05) is 6.61 Å². The van der Waals surface area contributed by atoms with Gasteiger partial charge < -0.3 is 14.5 Å². The number of fused-ring (bicyclic) bond motifs is 1. The maximum absolute atomic E-state index is 11.9. The first-order chi connectivity index (χ1) is 11.5. The standard InChI is InChI=1S/C16H14N2O6/c19-11-7-13(24-12-4-2-1-3-10(11)12)15(21)23-8-14(20)18-16(22)17-9-5-6-9/h1-4,7,9H,5-6,8H2,(H2,17,18,20,22). The van der Waals surface area contributed by atoms with E-state index in [1.807, 2.05) is 5.32 Å². The molecule has 124 valence electrons. The van der Waals surface area contributed by atoms with Crippen LogP contribution in [0.4, 0.5) is 4.79 Å². The predicted molar refractivity (Wildman–Crippen MR) is 82.5 cm³/mol. The molecule has 0 saturated heterocycles. The SMILES string of the molecule is O=C(COC(=O)c1cc(=O)c2ccccc2o1)NC(=O)NC1CC1. The Labute approximate surface area is 135 Å². The summed E-state index contributed by atoms with van der Waals surface area (Å²) in [4.78, 5) is 46.7. The summed E-state index contributed by atoms with van der Waals surface area (Å²) in [5, 5.41) is 4.94. The lowest BCUT2D eigenvalue weighted by Gasteiger charge is -2.06. The maximum atomic E-state index is 11.9. The summed E-state index contributed by atoms with van der Waals surface area (Å²) in [6.45, 7) is -0.659. The van der Waals surface area contributed by atoms with Gasteiger partial charge in [0.15, 0.2) is 12.0 Å². The number of amides is 3. The maximum Gasteiger partial charge on any atom is 0.374 e. The van der Waals surface area contributed by atoms with Crippen LogP contribution in [0.1, 0.15) is 23.4 Å². The van der Waals surface area contributed by atoms with Crippen molar-refractivity contribution in [3.05, 3.63) is 46.3 Å². The normalized spacial score (nSPS) is 13.3. The molecule has 1 heterocycles. The van der Waals surface area contributed by atoms with Gasteiger partial charge in [0, 0.05) is 12.1 Å². The molecule has 3 amide bonds. The lowest BCUT2D eigenvalue weighted by atomic mass is 10.2. The lowest BCUT2D eigenvalue weighted by Crippen LogP contribution is -2.42. The van der Waals surface area contributed by atoms with Gasteiger partial charge in [0.2, 0.25) is 5.76 Å². The summed E-state index contributed by atoms with van der Waals surface area (Å²) >= 11 is 0. The van der Waals surface area contributed by atoms with Gasteiger partial charge in [-0.2, -0.15) is 0 Å². The Hall–Kier alpha value is -3.16. The van der Waals surface area contributed by atoms with E-state index in [4.69, 9.17) is 9.15 Å². The molecule has 0 aliphatic heterocycles. The van der Waals surface area contributed by atoms with E-state index >= 15 is 0 Å². The molecule has 24 heavy (non-hydrogen) atoms. The molecule has 8 nitrogen and oxygen atoms in total. The Morgan fingerprint density at radius 3 is 2.71 bits per heavy atom. The second-order valence-corrected chi connectivity index (χ2v) is 5.34. The highest BCUT2D eigenvalue weighted by atomic mass is 16.5. The van der Waals surface area contributed by atoms with Crippen LogP contribution >= 0.6 is 0 Å². The average Bonchev–Trinajstić information content (AvgIpc) is 3.36. The molecule has 3 rings (SSSR count). The molecule has 0 radical (unpaired) electrons. The van der Waals surface area contributed by atoms with E-state index in [9.17, 15) is 19.2 Å². The molecule has 1 fully saturated rings. The highest BCUT2D eigenvalue weighted by Gasteiger charge is 2.24. The number of carbonyl (C=O) groups excluding carboxylic acids is 3. The monoisotopic (exact) mass is 330 g/mol. The van der Waals surface area contributed by atoms with Crippen LogP contribution in [0.25, 0.3) is 11.0 Å². The van der Waals surface area contributed by atoms with Gasteiger partial charge in [0.05, 0.1) is 5.39 Å². The van der Waals surface area contributed by atoms with Crippen LogP contribution in [0.3, 0.4) is 0 Å². The van der Waals surface area contributed by atoms with Crippen LogP contribution in [0.2, 0.25) is 0 Å². The molecule has 0 bridgehead atoms. The fraction of sp³-hybridized carbons (Fsp3) is 0.250. The molecule has 1 aliphatic carbocycles. The number of carbonyl (C=O) groups is 3. The van der Waals surface area contributed by atoms with Gasteiger partial charge in [-0.05, 0) is 25.0 Å². The fourth-order valence-corrected chi connectivity index (χ4v) is 2.02. The van der Waals surface area contributed by atoms with Crippen LogP contribution in [0.5, 0.6) is 0 Å². The molecule has 1 aromatic carbocycles. The van der Waals surface area contributed by atoms with Crippen LogP contribution in [-0.4, -0.2) is 30.6 Å². The van der Waals surface area contributed by atoms with E-state index < -0.39 is 29.9 Å². The smallest absolute Gasteiger partial charge is 0.374 e. The topological polar surface area (TPSA) is 115 Å². The minimum atomic E-state index is -0.962. The zero-order valence-electron chi connectivity index (χ0n) is 12.5. The van der Waals surface area contributed by atoms with Gasteiger partial charge in [-0.15, -0.1) is 0 Å². The van der Waals surface area contributed by atoms with Crippen LogP contribution in [-0.2, 0) is 9.53 Å². The molecule has 0 unspecified atom stereocenters. The number of hydrogen-bond donors (Lipinski definition) is 2. The minimum Gasteiger partial charge on any atom is -0.450 e. The number of hydrogen-bond acceptors (Lipinski definition) is 6. The second kappa shape index (κ2) is 6.53. The van der Waals surface area contributed by atoms with E-state index in [2.05, 4.69) is 5.32 Å². The Balaban J connectivity index is 1.59. The zero-order valence-corrected chi connectivity index (χ0v) is 12.5. The van der Waals surface area contributed by atoms with Gasteiger partial charge >= 0.3 is 12.0 Å². The van der Waals surface area contributed by atoms with E-state index in [0.717, 1.165) is 18.9 Å². The Kier molecular flexibility index (Phi) is 4.28. The minimum absolute atomic E-state index is 0.104. The van der Waals surface area contributed by atoms with Crippen molar-refractivity contribution < 1.29 is 23.5 Å². The summed E-state index contributed by atoms with van der Waals surface area (Å²) in [7, 11) is 0. The molecule has 2 aromatic rings. The number of para-hydroxylation sites is 1. The summed E-state index contributed by atoms with van der Waals surface area (Å²) in [6.07, 6.45) is 1.77. The van der Waals surface area contributed by atoms with Crippen molar-refractivity contribution in [2.24, 2.45) is 0 Å². The quantitative estimate of drug-likeness (QED) is 0.806. The van der Waals surface area contributed by atoms with Crippen molar-refractivity contribution in [1.29, 1.82) is 0 Å². The molecule has 8 heteroatoms. The van der Waals surface area contributed by atoms with Gasteiger partial charge in [0.25, 0.3) is 5.91 Å². The molecule has 1 aromatic heterocycles. The summed E-state index contributed by atoms with van der Waals surface area (Å²) in [6, 6.07) is 6.93. The molecule has 1 saturated carbocycles. The molecule has 1 aliphatic rings. The van der Waals surface area contributed by atoms with E-state index in [0.29, 0.717) is 5.39 Å². The zero-order chi connectivity index (χ0) is 17.1. The highest BCUT2D eigenvalue weighted by Crippen LogP contribution is 2.18. The van der Waals surface area contributed by atoms with Crippen molar-refractivity contribution in [1.82, 2.24) is 10.6 Å². The molecule has 0 atom stereocenters. The van der Waals surface area contributed by atoms with Gasteiger partial charge in [0.1, 0.15) is 5.58 Å². The number of rotatable bonds is 4. The van der Waals surface area contributed by atoms with Gasteiger partial charge in [-0.25, -0.2) is 9.59 Å². The first-order valence-electron chi connectivity index (χ1n) is 7.33. The fourth-order valence-electron chi connectivity index (χ4n) is 2.02. The molecule has 2 N–H and O–H groups in total. The van der Waals surface area contributed by atoms with Gasteiger partial charge in [-0.1, -0.05) is 12.1 Å². The molecule has 0 spiro atoms. The second-order valence-electron chi connectivity index (χ2n) is 5.34. The first kappa shape index (κ1) is 15.7. The summed E-state index contributed by atoms with van der Waals surface area (Å²) in [5.74, 6) is -2.05. The Morgan fingerprint density at radius 1 is 1.21 bits per heavy atom. The number of nitrogens with one attached hydrogen (secondary N) is 2. The summed E-state index contributed by atoms with van der Waals surface area (Å²) in [5.41, 5.74) is -0.151. The van der Waals surface area contributed by atoms with Crippen LogP contribution in [0, 0.1) is 0 Å². The van der Waals surface area contributed by atoms with Crippen molar-refractivity contribution in [3.63, 3.8) is 0 Å². The van der Waals surface area contributed by atoms with Crippen LogP contribution in [0.15, 0.2) is 39.5 Å². The average molecular weight is 330 g/mol. The van der Waals surface area contributed by atoms with Crippen molar-refractivity contribution in [3.8, 4) is 0 Å². The third kappa shape index (κ3) is 3.78. The molecular formula is C16H14N2O6. The largest absolute Gasteiger partial charge is 0.450 e. The van der Waals surface area contributed by atoms with Crippen LogP contribution < -0.4 is 16.1 Å². The predicted octanol–water partition coefficient (Wildman–Crippen LogP) is 0.938. The first-order valence-corrected chi connectivity index (χ1v) is 7.33. The van der Waals surface area contributed by atoms with Gasteiger partial charge in [-0.3, -0.25) is 14.9 Å². The Morgan fingerprint density at radius 2 is 1.96 bits per heavy atom. The molecular weight excluding hydrogens is 316 g/mol. The third-order valence-electron chi connectivity index (χ3n) is 3.34. The number of esters is 1. The summed E-state index contributed by atoms with van der Waals surface area (Å²) < 4.78 is 10.0. The number of ether oxygens (including phenoxy) is 1. The van der Waals surface area contributed by atoms with E-state index in [1.54, 1.807) is 24.3 Å². The lowest BCUT2D eigenvalue weighted by molar-refractivity contribution is -0.123. The third-order valence-corrected chi connectivity index (χ3v) is 3.34. The van der Waals surface area contributed by atoms with Crippen molar-refractivity contribution >= 4 is 28.9 Å². The van der Waals surface area contributed by atoms with E-state index in [-0.39, 0.29) is 17.4 Å². The van der Waals surface area contributed by atoms with Crippen molar-refractivity contribution in [2.45, 2.75) is 18.9 Å². The number of benzene rings is 1.